The number of alkyl halides is 2. The van der Waals surface area contributed by atoms with Gasteiger partial charge in [0.05, 0.1) is 0 Å². The van der Waals surface area contributed by atoms with Crippen molar-refractivity contribution in [1.82, 2.24) is 15.0 Å². The minimum Gasteiger partial charge on any atom is -0.435 e. The molecule has 1 amide bonds. The van der Waals surface area contributed by atoms with E-state index in [9.17, 15) is 13.6 Å². The van der Waals surface area contributed by atoms with Crippen LogP contribution in [0.25, 0.3) is 11.4 Å². The van der Waals surface area contributed by atoms with E-state index in [0.717, 1.165) is 11.1 Å². The molecule has 29 heavy (non-hydrogen) atoms. The first-order valence-electron chi connectivity index (χ1n) is 8.77. The number of carbonyl (C=O) groups excluding carboxylic acids is 1. The van der Waals surface area contributed by atoms with Gasteiger partial charge in [0, 0.05) is 37.0 Å². The smallest absolute Gasteiger partial charge is 0.387 e. The zero-order valence-electron chi connectivity index (χ0n) is 15.5. The Hall–Kier alpha value is -3.00. The number of aromatic nitrogens is 2. The first-order valence-corrected chi connectivity index (χ1v) is 9.15. The van der Waals surface area contributed by atoms with Crippen molar-refractivity contribution < 1.29 is 22.8 Å². The molecule has 0 atom stereocenters. The molecule has 0 bridgehead atoms. The number of carbonyl (C=O) groups is 1. The fraction of sp³-hybridized carbons (Fsp3) is 0.250. The van der Waals surface area contributed by atoms with Gasteiger partial charge in [-0.3, -0.25) is 4.79 Å². The molecule has 0 radical (unpaired) electrons. The summed E-state index contributed by atoms with van der Waals surface area (Å²) in [6.07, 6.45) is 0.510. The molecular formula is C20H18ClF2N3O3. The monoisotopic (exact) mass is 421 g/mol. The van der Waals surface area contributed by atoms with E-state index in [1.165, 1.54) is 12.1 Å². The van der Waals surface area contributed by atoms with Crippen LogP contribution in [-0.2, 0) is 17.8 Å². The summed E-state index contributed by atoms with van der Waals surface area (Å²) in [5.41, 5.74) is 1.57. The predicted molar refractivity (Wildman–Crippen MR) is 103 cm³/mol. The second-order valence-corrected chi connectivity index (χ2v) is 6.73. The zero-order valence-corrected chi connectivity index (χ0v) is 16.3. The van der Waals surface area contributed by atoms with Crippen LogP contribution in [0.4, 0.5) is 8.78 Å². The standard InChI is InChI=1S/C20H18ClF2N3O3/c1-26(12-13-2-8-16(9-3-13)28-20(22)23)18(27)11-10-17-24-19(25-29-17)14-4-6-15(21)7-5-14/h2-9,20H,10-12H2,1H3. The highest BCUT2D eigenvalue weighted by Crippen LogP contribution is 2.19. The molecule has 3 aromatic rings. The van der Waals surface area contributed by atoms with E-state index in [4.69, 9.17) is 16.1 Å². The molecule has 0 fully saturated rings. The third kappa shape index (κ3) is 5.99. The fourth-order valence-electron chi connectivity index (χ4n) is 2.62. The molecule has 3 rings (SSSR count). The molecule has 0 aliphatic rings. The summed E-state index contributed by atoms with van der Waals surface area (Å²) in [4.78, 5) is 18.2. The van der Waals surface area contributed by atoms with Crippen LogP contribution in [0, 0.1) is 0 Å². The third-order valence-corrected chi connectivity index (χ3v) is 4.37. The van der Waals surface area contributed by atoms with Gasteiger partial charge >= 0.3 is 6.61 Å². The molecule has 1 aromatic heterocycles. The lowest BCUT2D eigenvalue weighted by Crippen LogP contribution is -2.26. The van der Waals surface area contributed by atoms with Crippen molar-refractivity contribution in [2.45, 2.75) is 26.0 Å². The Balaban J connectivity index is 1.50. The summed E-state index contributed by atoms with van der Waals surface area (Å²) in [6, 6.07) is 13.2. The number of rotatable bonds is 8. The molecule has 152 valence electrons. The van der Waals surface area contributed by atoms with Gasteiger partial charge in [-0.2, -0.15) is 13.8 Å². The summed E-state index contributed by atoms with van der Waals surface area (Å²) in [6.45, 7) is -2.52. The Morgan fingerprint density at radius 2 is 1.86 bits per heavy atom. The van der Waals surface area contributed by atoms with Crippen LogP contribution in [0.2, 0.25) is 5.02 Å². The number of halogens is 3. The average Bonchev–Trinajstić information content (AvgIpc) is 3.16. The number of amides is 1. The second kappa shape index (κ2) is 9.47. The Labute approximate surface area is 171 Å². The highest BCUT2D eigenvalue weighted by molar-refractivity contribution is 6.30. The molecule has 0 N–H and O–H groups in total. The van der Waals surface area contributed by atoms with Gasteiger partial charge < -0.3 is 14.2 Å². The molecule has 0 unspecified atom stereocenters. The summed E-state index contributed by atoms with van der Waals surface area (Å²) in [7, 11) is 1.67. The first-order chi connectivity index (χ1) is 13.9. The first kappa shape index (κ1) is 20.7. The highest BCUT2D eigenvalue weighted by atomic mass is 35.5. The number of ether oxygens (including phenoxy) is 1. The SMILES string of the molecule is CN(Cc1ccc(OC(F)F)cc1)C(=O)CCc1nc(-c2ccc(Cl)cc2)no1. The quantitative estimate of drug-likeness (QED) is 0.532. The molecule has 0 aliphatic heterocycles. The molecule has 1 heterocycles. The normalized spacial score (nSPS) is 10.9. The van der Waals surface area contributed by atoms with E-state index >= 15 is 0 Å². The van der Waals surface area contributed by atoms with Crippen LogP contribution in [0.15, 0.2) is 53.1 Å². The van der Waals surface area contributed by atoms with Gasteiger partial charge in [0.25, 0.3) is 0 Å². The minimum atomic E-state index is -2.87. The Morgan fingerprint density at radius 3 is 2.52 bits per heavy atom. The summed E-state index contributed by atoms with van der Waals surface area (Å²) in [5, 5.41) is 4.53. The van der Waals surface area contributed by atoms with Gasteiger partial charge in [0.2, 0.25) is 17.6 Å². The summed E-state index contributed by atoms with van der Waals surface area (Å²) < 4.78 is 33.9. The summed E-state index contributed by atoms with van der Waals surface area (Å²) in [5.74, 6) is 0.767. The van der Waals surface area contributed by atoms with Crippen LogP contribution in [-0.4, -0.2) is 34.6 Å². The molecule has 6 nitrogen and oxygen atoms in total. The van der Waals surface area contributed by atoms with Crippen molar-refractivity contribution in [2.24, 2.45) is 0 Å². The molecule has 9 heteroatoms. The van der Waals surface area contributed by atoms with Gasteiger partial charge in [0.1, 0.15) is 5.75 Å². The third-order valence-electron chi connectivity index (χ3n) is 4.12. The zero-order chi connectivity index (χ0) is 20.8. The molecule has 2 aromatic carbocycles. The van der Waals surface area contributed by atoms with E-state index in [0.29, 0.717) is 29.7 Å². The van der Waals surface area contributed by atoms with Crippen LogP contribution in [0.1, 0.15) is 17.9 Å². The average molecular weight is 422 g/mol. The maximum atomic E-state index is 12.3. The van der Waals surface area contributed by atoms with Crippen molar-refractivity contribution in [1.29, 1.82) is 0 Å². The maximum Gasteiger partial charge on any atom is 0.387 e. The van der Waals surface area contributed by atoms with Crippen molar-refractivity contribution in [3.63, 3.8) is 0 Å². The van der Waals surface area contributed by atoms with Crippen molar-refractivity contribution in [2.75, 3.05) is 7.05 Å². The van der Waals surface area contributed by atoms with Crippen LogP contribution in [0.5, 0.6) is 5.75 Å². The topological polar surface area (TPSA) is 68.5 Å². The Kier molecular flexibility index (Phi) is 6.77. The Morgan fingerprint density at radius 1 is 1.17 bits per heavy atom. The Bertz CT molecular complexity index is 946. The van der Waals surface area contributed by atoms with Gasteiger partial charge in [-0.25, -0.2) is 0 Å². The van der Waals surface area contributed by atoms with Crippen LogP contribution >= 0.6 is 11.6 Å². The van der Waals surface area contributed by atoms with Gasteiger partial charge in [-0.15, -0.1) is 0 Å². The van der Waals surface area contributed by atoms with E-state index in [1.807, 2.05) is 0 Å². The van der Waals surface area contributed by atoms with E-state index in [1.54, 1.807) is 48.3 Å². The number of hydrogen-bond donors (Lipinski definition) is 0. The minimum absolute atomic E-state index is 0.0746. The fourth-order valence-corrected chi connectivity index (χ4v) is 2.74. The highest BCUT2D eigenvalue weighted by Gasteiger charge is 2.14. The van der Waals surface area contributed by atoms with Crippen molar-refractivity contribution >= 4 is 17.5 Å². The lowest BCUT2D eigenvalue weighted by atomic mass is 10.2. The largest absolute Gasteiger partial charge is 0.435 e. The predicted octanol–water partition coefficient (Wildman–Crippen LogP) is 4.58. The molecule has 0 aliphatic carbocycles. The van der Waals surface area contributed by atoms with E-state index in [-0.39, 0.29) is 18.1 Å². The molecule has 0 saturated carbocycles. The van der Waals surface area contributed by atoms with Crippen molar-refractivity contribution in [3.8, 4) is 17.1 Å². The number of aryl methyl sites for hydroxylation is 1. The number of nitrogens with zero attached hydrogens (tertiary/aromatic N) is 3. The molecular weight excluding hydrogens is 404 g/mol. The summed E-state index contributed by atoms with van der Waals surface area (Å²) >= 11 is 5.86. The van der Waals surface area contributed by atoms with Crippen LogP contribution < -0.4 is 4.74 Å². The lowest BCUT2D eigenvalue weighted by Gasteiger charge is -2.17. The van der Waals surface area contributed by atoms with Crippen LogP contribution in [0.3, 0.4) is 0 Å². The van der Waals surface area contributed by atoms with Gasteiger partial charge in [-0.05, 0) is 42.0 Å². The molecule has 0 spiro atoms. The lowest BCUT2D eigenvalue weighted by molar-refractivity contribution is -0.130. The second-order valence-electron chi connectivity index (χ2n) is 6.29. The van der Waals surface area contributed by atoms with Gasteiger partial charge in [0.15, 0.2) is 0 Å². The number of benzene rings is 2. The maximum absolute atomic E-state index is 12.3. The van der Waals surface area contributed by atoms with E-state index in [2.05, 4.69) is 14.9 Å². The van der Waals surface area contributed by atoms with E-state index < -0.39 is 6.61 Å². The number of hydrogen-bond acceptors (Lipinski definition) is 5. The molecule has 0 saturated heterocycles. The van der Waals surface area contributed by atoms with Gasteiger partial charge in [-0.1, -0.05) is 28.9 Å². The van der Waals surface area contributed by atoms with Crippen molar-refractivity contribution in [3.05, 3.63) is 65.0 Å².